The first-order chi connectivity index (χ1) is 9.93. The monoisotopic (exact) mass is 324 g/mol. The molecule has 2 aromatic rings. The number of hydrogen-bond acceptors (Lipinski definition) is 4. The summed E-state index contributed by atoms with van der Waals surface area (Å²) in [5.41, 5.74) is 3.11. The molecule has 0 aliphatic rings. The van der Waals surface area contributed by atoms with Crippen molar-refractivity contribution in [3.05, 3.63) is 52.4 Å². The van der Waals surface area contributed by atoms with Crippen LogP contribution in [-0.2, 0) is 23.1 Å². The summed E-state index contributed by atoms with van der Waals surface area (Å²) in [5, 5.41) is 4.90. The Bertz CT molecular complexity index is 708. The number of nitrogens with zero attached hydrogens (tertiary/aromatic N) is 1. The molecule has 6 heteroatoms. The maximum atomic E-state index is 12.6. The van der Waals surface area contributed by atoms with Gasteiger partial charge < -0.3 is 5.32 Å². The largest absolute Gasteiger partial charge is 0.316 e. The molecule has 0 atom stereocenters. The van der Waals surface area contributed by atoms with Gasteiger partial charge in [0.1, 0.15) is 4.21 Å². The Morgan fingerprint density at radius 1 is 1.24 bits per heavy atom. The van der Waals surface area contributed by atoms with Crippen LogP contribution in [0.5, 0.6) is 0 Å². The zero-order valence-corrected chi connectivity index (χ0v) is 14.1. The second-order valence-electron chi connectivity index (χ2n) is 5.05. The minimum atomic E-state index is -3.42. The molecule has 0 saturated heterocycles. The second kappa shape index (κ2) is 6.70. The van der Waals surface area contributed by atoms with Crippen molar-refractivity contribution in [3.8, 4) is 0 Å². The average Bonchev–Trinajstić information content (AvgIpc) is 2.88. The SMILES string of the molecule is CNCc1csc(S(=O)(=O)N(C)Cc2cccc(C)c2)c1. The number of thiophene rings is 1. The number of hydrogen-bond donors (Lipinski definition) is 1. The van der Waals surface area contributed by atoms with Crippen LogP contribution >= 0.6 is 11.3 Å². The van der Waals surface area contributed by atoms with E-state index in [1.165, 1.54) is 15.6 Å². The normalized spacial score (nSPS) is 12.0. The van der Waals surface area contributed by atoms with E-state index in [0.717, 1.165) is 16.7 Å². The number of benzene rings is 1. The molecule has 4 nitrogen and oxygen atoms in total. The lowest BCUT2D eigenvalue weighted by atomic mass is 10.1. The smallest absolute Gasteiger partial charge is 0.252 e. The van der Waals surface area contributed by atoms with Crippen molar-refractivity contribution in [1.29, 1.82) is 0 Å². The molecule has 0 aliphatic heterocycles. The van der Waals surface area contributed by atoms with Crippen molar-refractivity contribution in [2.45, 2.75) is 24.2 Å². The minimum Gasteiger partial charge on any atom is -0.316 e. The van der Waals surface area contributed by atoms with Gasteiger partial charge in [0.25, 0.3) is 10.0 Å². The van der Waals surface area contributed by atoms with E-state index in [4.69, 9.17) is 0 Å². The summed E-state index contributed by atoms with van der Waals surface area (Å²) in [5.74, 6) is 0. The highest BCUT2D eigenvalue weighted by Gasteiger charge is 2.22. The highest BCUT2D eigenvalue weighted by Crippen LogP contribution is 2.24. The summed E-state index contributed by atoms with van der Waals surface area (Å²) >= 11 is 1.27. The molecule has 0 amide bonds. The quantitative estimate of drug-likeness (QED) is 0.888. The van der Waals surface area contributed by atoms with Gasteiger partial charge in [-0.3, -0.25) is 0 Å². The number of sulfonamides is 1. The predicted molar refractivity (Wildman–Crippen MR) is 86.9 cm³/mol. The van der Waals surface area contributed by atoms with Crippen molar-refractivity contribution >= 4 is 21.4 Å². The van der Waals surface area contributed by atoms with Crippen molar-refractivity contribution in [3.63, 3.8) is 0 Å². The summed E-state index contributed by atoms with van der Waals surface area (Å²) in [7, 11) is 0.0397. The lowest BCUT2D eigenvalue weighted by Gasteiger charge is -2.16. The van der Waals surface area contributed by atoms with E-state index in [2.05, 4.69) is 5.32 Å². The summed E-state index contributed by atoms with van der Waals surface area (Å²) in [6.07, 6.45) is 0. The Morgan fingerprint density at radius 3 is 2.67 bits per heavy atom. The summed E-state index contributed by atoms with van der Waals surface area (Å²) in [6, 6.07) is 9.64. The van der Waals surface area contributed by atoms with Gasteiger partial charge in [-0.05, 0) is 36.5 Å². The second-order valence-corrected chi connectivity index (χ2v) is 8.24. The molecule has 1 aromatic carbocycles. The van der Waals surface area contributed by atoms with E-state index in [0.29, 0.717) is 17.3 Å². The zero-order chi connectivity index (χ0) is 15.5. The van der Waals surface area contributed by atoms with Gasteiger partial charge in [-0.2, -0.15) is 4.31 Å². The molecular formula is C15H20N2O2S2. The highest BCUT2D eigenvalue weighted by atomic mass is 32.2. The highest BCUT2D eigenvalue weighted by molar-refractivity contribution is 7.91. The molecule has 0 bridgehead atoms. The Kier molecular flexibility index (Phi) is 5.16. The van der Waals surface area contributed by atoms with Gasteiger partial charge in [-0.15, -0.1) is 11.3 Å². The Balaban J connectivity index is 2.17. The van der Waals surface area contributed by atoms with Gasteiger partial charge in [0, 0.05) is 20.1 Å². The first-order valence-corrected chi connectivity index (χ1v) is 8.99. The molecule has 1 aromatic heterocycles. The average molecular weight is 324 g/mol. The third kappa shape index (κ3) is 3.91. The van der Waals surface area contributed by atoms with Gasteiger partial charge in [-0.25, -0.2) is 8.42 Å². The molecule has 0 unspecified atom stereocenters. The van der Waals surface area contributed by atoms with E-state index in [1.54, 1.807) is 13.1 Å². The number of nitrogens with one attached hydrogen (secondary N) is 1. The lowest BCUT2D eigenvalue weighted by molar-refractivity contribution is 0.468. The first kappa shape index (κ1) is 16.2. The van der Waals surface area contributed by atoms with Crippen LogP contribution in [0.15, 0.2) is 39.9 Å². The molecule has 1 N–H and O–H groups in total. The van der Waals surface area contributed by atoms with Crippen LogP contribution in [0.1, 0.15) is 16.7 Å². The fraction of sp³-hybridized carbons (Fsp3) is 0.333. The Labute approximate surface area is 130 Å². The molecule has 0 fully saturated rings. The van der Waals surface area contributed by atoms with Gasteiger partial charge in [0.05, 0.1) is 0 Å². The van der Waals surface area contributed by atoms with Crippen LogP contribution in [0.3, 0.4) is 0 Å². The molecule has 2 rings (SSSR count). The molecule has 114 valence electrons. The summed E-state index contributed by atoms with van der Waals surface area (Å²) in [4.78, 5) is 0. The minimum absolute atomic E-state index is 0.378. The lowest BCUT2D eigenvalue weighted by Crippen LogP contribution is -2.25. The maximum Gasteiger partial charge on any atom is 0.252 e. The van der Waals surface area contributed by atoms with Crippen molar-refractivity contribution in [2.75, 3.05) is 14.1 Å². The Morgan fingerprint density at radius 2 is 2.00 bits per heavy atom. The van der Waals surface area contributed by atoms with Crippen LogP contribution in [0.25, 0.3) is 0 Å². The fourth-order valence-corrected chi connectivity index (χ4v) is 4.67. The van der Waals surface area contributed by atoms with Crippen molar-refractivity contribution in [2.24, 2.45) is 0 Å². The number of rotatable bonds is 6. The molecule has 0 radical (unpaired) electrons. The van der Waals surface area contributed by atoms with E-state index in [-0.39, 0.29) is 0 Å². The topological polar surface area (TPSA) is 49.4 Å². The number of aryl methyl sites for hydroxylation is 1. The van der Waals surface area contributed by atoms with Crippen LogP contribution in [0, 0.1) is 6.92 Å². The predicted octanol–water partition coefficient (Wildman–Crippen LogP) is 2.60. The van der Waals surface area contributed by atoms with Gasteiger partial charge in [0.2, 0.25) is 0 Å². The standard InChI is InChI=1S/C15H20N2O2S2/c1-12-5-4-6-13(7-12)10-17(3)21(18,19)15-8-14(9-16-2)11-20-15/h4-8,11,16H,9-10H2,1-3H3. The van der Waals surface area contributed by atoms with Gasteiger partial charge >= 0.3 is 0 Å². The first-order valence-electron chi connectivity index (χ1n) is 6.67. The van der Waals surface area contributed by atoms with Crippen LogP contribution in [-0.4, -0.2) is 26.8 Å². The van der Waals surface area contributed by atoms with Crippen molar-refractivity contribution in [1.82, 2.24) is 9.62 Å². The Hall–Kier alpha value is -1.21. The maximum absolute atomic E-state index is 12.6. The molecule has 1 heterocycles. The molecular weight excluding hydrogens is 304 g/mol. The fourth-order valence-electron chi connectivity index (χ4n) is 2.09. The van der Waals surface area contributed by atoms with Crippen LogP contribution < -0.4 is 5.32 Å². The van der Waals surface area contributed by atoms with E-state index in [1.807, 2.05) is 43.6 Å². The van der Waals surface area contributed by atoms with E-state index in [9.17, 15) is 8.42 Å². The zero-order valence-electron chi connectivity index (χ0n) is 12.5. The molecule has 0 saturated carbocycles. The van der Waals surface area contributed by atoms with Crippen LogP contribution in [0.2, 0.25) is 0 Å². The van der Waals surface area contributed by atoms with E-state index < -0.39 is 10.0 Å². The van der Waals surface area contributed by atoms with Gasteiger partial charge in [0.15, 0.2) is 0 Å². The third-order valence-electron chi connectivity index (χ3n) is 3.16. The van der Waals surface area contributed by atoms with Crippen LogP contribution in [0.4, 0.5) is 0 Å². The molecule has 21 heavy (non-hydrogen) atoms. The van der Waals surface area contributed by atoms with E-state index >= 15 is 0 Å². The summed E-state index contributed by atoms with van der Waals surface area (Å²) in [6.45, 7) is 3.05. The van der Waals surface area contributed by atoms with Crippen molar-refractivity contribution < 1.29 is 8.42 Å². The van der Waals surface area contributed by atoms with Gasteiger partial charge in [-0.1, -0.05) is 29.8 Å². The molecule has 0 spiro atoms. The summed E-state index contributed by atoms with van der Waals surface area (Å²) < 4.78 is 26.9. The third-order valence-corrected chi connectivity index (χ3v) is 6.43. The molecule has 0 aliphatic carbocycles.